The molecule has 1 aliphatic rings. The summed E-state index contributed by atoms with van der Waals surface area (Å²) in [5.74, 6) is 0.726. The number of para-hydroxylation sites is 1. The van der Waals surface area contributed by atoms with Crippen LogP contribution in [0.25, 0.3) is 16.6 Å². The van der Waals surface area contributed by atoms with Gasteiger partial charge in [-0.3, -0.25) is 4.57 Å². The van der Waals surface area contributed by atoms with Gasteiger partial charge >= 0.3 is 5.69 Å². The zero-order valence-electron chi connectivity index (χ0n) is 13.5. The van der Waals surface area contributed by atoms with Gasteiger partial charge in [0.1, 0.15) is 5.82 Å². The van der Waals surface area contributed by atoms with E-state index in [2.05, 4.69) is 10.3 Å². The van der Waals surface area contributed by atoms with Crippen molar-refractivity contribution in [3.8, 4) is 5.69 Å². The number of hydrogen-bond acceptors (Lipinski definition) is 3. The molecule has 1 fully saturated rings. The molecule has 1 aliphatic carbocycles. The van der Waals surface area contributed by atoms with Crippen LogP contribution in [0.2, 0.25) is 0 Å². The van der Waals surface area contributed by atoms with E-state index in [1.807, 2.05) is 48.5 Å². The van der Waals surface area contributed by atoms with Gasteiger partial charge in [0, 0.05) is 5.39 Å². The zero-order chi connectivity index (χ0) is 17.4. The molecule has 1 N–H and O–H groups in total. The first-order valence-corrected chi connectivity index (χ1v) is 8.27. The van der Waals surface area contributed by atoms with Crippen LogP contribution >= 0.6 is 0 Å². The molecule has 6 heteroatoms. The van der Waals surface area contributed by atoms with Crippen LogP contribution in [0.3, 0.4) is 0 Å². The van der Waals surface area contributed by atoms with Crippen molar-refractivity contribution in [3.63, 3.8) is 0 Å². The van der Waals surface area contributed by atoms with E-state index in [1.165, 1.54) is 10.1 Å². The van der Waals surface area contributed by atoms with Gasteiger partial charge in [0.2, 0.25) is 0 Å². The van der Waals surface area contributed by atoms with E-state index in [0.29, 0.717) is 22.5 Å². The highest BCUT2D eigenvalue weighted by Crippen LogP contribution is 2.41. The molecule has 0 saturated heterocycles. The lowest BCUT2D eigenvalue weighted by atomic mass is 10.1. The minimum Gasteiger partial charge on any atom is -0.364 e. The summed E-state index contributed by atoms with van der Waals surface area (Å²) in [4.78, 5) is 16.6. The fraction of sp³-hybridized carbons (Fsp3) is 0.263. The Balaban J connectivity index is 1.94. The predicted molar refractivity (Wildman–Crippen MR) is 93.8 cm³/mol. The monoisotopic (exact) mass is 341 g/mol. The normalized spacial score (nSPS) is 14.2. The number of fused-ring (bicyclic) bond motifs is 1. The average Bonchev–Trinajstić information content (AvgIpc) is 3.45. The lowest BCUT2D eigenvalue weighted by Crippen LogP contribution is -2.24. The molecule has 25 heavy (non-hydrogen) atoms. The summed E-state index contributed by atoms with van der Waals surface area (Å²) in [5.41, 5.74) is 2.08. The van der Waals surface area contributed by atoms with Gasteiger partial charge in [-0.2, -0.15) is 4.98 Å². The fourth-order valence-corrected chi connectivity index (χ4v) is 3.05. The van der Waals surface area contributed by atoms with Crippen molar-refractivity contribution >= 4 is 16.7 Å². The van der Waals surface area contributed by atoms with Crippen LogP contribution in [0.15, 0.2) is 53.3 Å². The van der Waals surface area contributed by atoms with E-state index in [-0.39, 0.29) is 5.82 Å². The van der Waals surface area contributed by atoms with Crippen molar-refractivity contribution in [2.45, 2.75) is 25.2 Å². The zero-order valence-corrected chi connectivity index (χ0v) is 13.5. The number of halogens is 2. The largest absolute Gasteiger partial charge is 0.364 e. The highest BCUT2D eigenvalue weighted by molar-refractivity contribution is 5.91. The first kappa shape index (κ1) is 15.7. The summed E-state index contributed by atoms with van der Waals surface area (Å²) in [7, 11) is 0. The Bertz CT molecular complexity index is 966. The average molecular weight is 341 g/mol. The summed E-state index contributed by atoms with van der Waals surface area (Å²) in [6, 6.07) is 15.1. The molecule has 0 unspecified atom stereocenters. The Morgan fingerprint density at radius 3 is 2.60 bits per heavy atom. The summed E-state index contributed by atoms with van der Waals surface area (Å²) < 4.78 is 26.7. The number of anilines is 1. The van der Waals surface area contributed by atoms with Crippen molar-refractivity contribution in [2.24, 2.45) is 0 Å². The maximum absolute atomic E-state index is 12.6. The van der Waals surface area contributed by atoms with Gasteiger partial charge in [-0.05, 0) is 48.6 Å². The van der Waals surface area contributed by atoms with Crippen LogP contribution in [0.1, 0.15) is 24.3 Å². The maximum Gasteiger partial charge on any atom is 0.354 e. The Labute approximate surface area is 143 Å². The lowest BCUT2D eigenvalue weighted by molar-refractivity contribution is 0.163. The van der Waals surface area contributed by atoms with Crippen LogP contribution in [0.4, 0.5) is 14.6 Å². The third-order valence-corrected chi connectivity index (χ3v) is 4.40. The van der Waals surface area contributed by atoms with Gasteiger partial charge in [-0.1, -0.05) is 24.3 Å². The third kappa shape index (κ3) is 3.12. The minimum absolute atomic E-state index is 0.204. The lowest BCUT2D eigenvalue weighted by Gasteiger charge is -2.15. The number of hydrogen-bond donors (Lipinski definition) is 1. The van der Waals surface area contributed by atoms with E-state index >= 15 is 0 Å². The molecule has 128 valence electrons. The minimum atomic E-state index is -2.51. The first-order chi connectivity index (χ1) is 12.1. The standard InChI is InChI=1S/C19H17F2N3O/c20-17(21)11-22-18-15-9-8-13(12-6-7-12)10-16(15)24(19(25)23-18)14-4-2-1-3-5-14/h1-5,8-10,12,17H,6-7,11H2,(H,22,23,25). The van der Waals surface area contributed by atoms with E-state index in [9.17, 15) is 13.6 Å². The van der Waals surface area contributed by atoms with Crippen LogP contribution in [0, 0.1) is 0 Å². The molecule has 3 aromatic rings. The Kier molecular flexibility index (Phi) is 3.95. The number of rotatable bonds is 5. The van der Waals surface area contributed by atoms with Crippen molar-refractivity contribution in [1.29, 1.82) is 0 Å². The number of alkyl halides is 2. The molecule has 0 bridgehead atoms. The van der Waals surface area contributed by atoms with Gasteiger partial charge in [0.15, 0.2) is 0 Å². The van der Waals surface area contributed by atoms with Crippen LogP contribution in [0.5, 0.6) is 0 Å². The molecular weight excluding hydrogens is 324 g/mol. The molecule has 0 amide bonds. The second-order valence-electron chi connectivity index (χ2n) is 6.24. The molecule has 0 aliphatic heterocycles. The predicted octanol–water partition coefficient (Wildman–Crippen LogP) is 3.94. The van der Waals surface area contributed by atoms with Crippen LogP contribution < -0.4 is 11.0 Å². The topological polar surface area (TPSA) is 46.9 Å². The quantitative estimate of drug-likeness (QED) is 0.765. The summed E-state index contributed by atoms with van der Waals surface area (Å²) in [6.07, 6.45) is -0.232. The Hall–Kier alpha value is -2.76. The van der Waals surface area contributed by atoms with Crippen molar-refractivity contribution in [3.05, 3.63) is 64.6 Å². The Morgan fingerprint density at radius 2 is 1.92 bits per heavy atom. The van der Waals surface area contributed by atoms with E-state index in [4.69, 9.17) is 0 Å². The molecule has 1 heterocycles. The third-order valence-electron chi connectivity index (χ3n) is 4.40. The molecule has 0 atom stereocenters. The summed E-state index contributed by atoms with van der Waals surface area (Å²) in [5, 5.41) is 3.26. The number of aromatic nitrogens is 2. The van der Waals surface area contributed by atoms with E-state index in [0.717, 1.165) is 12.8 Å². The molecule has 4 nitrogen and oxygen atoms in total. The number of benzene rings is 2. The van der Waals surface area contributed by atoms with Gasteiger partial charge in [-0.15, -0.1) is 0 Å². The second-order valence-corrected chi connectivity index (χ2v) is 6.24. The molecular formula is C19H17F2N3O. The van der Waals surface area contributed by atoms with Gasteiger partial charge in [-0.25, -0.2) is 13.6 Å². The van der Waals surface area contributed by atoms with Gasteiger partial charge < -0.3 is 5.32 Å². The van der Waals surface area contributed by atoms with Gasteiger partial charge in [0.25, 0.3) is 6.43 Å². The fourth-order valence-electron chi connectivity index (χ4n) is 3.05. The molecule has 1 aromatic heterocycles. The molecule has 1 saturated carbocycles. The van der Waals surface area contributed by atoms with Crippen molar-refractivity contribution in [2.75, 3.05) is 11.9 Å². The highest BCUT2D eigenvalue weighted by Gasteiger charge is 2.24. The summed E-state index contributed by atoms with van der Waals surface area (Å²) >= 11 is 0. The molecule has 2 aromatic carbocycles. The van der Waals surface area contributed by atoms with Crippen molar-refractivity contribution in [1.82, 2.24) is 9.55 Å². The van der Waals surface area contributed by atoms with E-state index < -0.39 is 18.7 Å². The van der Waals surface area contributed by atoms with Crippen molar-refractivity contribution < 1.29 is 8.78 Å². The Morgan fingerprint density at radius 1 is 1.16 bits per heavy atom. The first-order valence-electron chi connectivity index (χ1n) is 8.27. The smallest absolute Gasteiger partial charge is 0.354 e. The SMILES string of the molecule is O=c1nc(NCC(F)F)c2ccc(C3CC3)cc2n1-c1ccccc1. The molecule has 0 radical (unpaired) electrons. The second kappa shape index (κ2) is 6.27. The summed E-state index contributed by atoms with van der Waals surface area (Å²) in [6.45, 7) is -0.540. The number of nitrogens with one attached hydrogen (secondary N) is 1. The van der Waals surface area contributed by atoms with Crippen LogP contribution in [-0.4, -0.2) is 22.5 Å². The number of nitrogens with zero attached hydrogens (tertiary/aromatic N) is 2. The molecule has 4 rings (SSSR count). The maximum atomic E-state index is 12.6. The van der Waals surface area contributed by atoms with Crippen LogP contribution in [-0.2, 0) is 0 Å². The van der Waals surface area contributed by atoms with Gasteiger partial charge in [0.05, 0.1) is 17.7 Å². The van der Waals surface area contributed by atoms with E-state index in [1.54, 1.807) is 0 Å². The highest BCUT2D eigenvalue weighted by atomic mass is 19.3. The molecule has 0 spiro atoms.